The van der Waals surface area contributed by atoms with Crippen LogP contribution in [0.1, 0.15) is 24.0 Å². The Morgan fingerprint density at radius 1 is 1.20 bits per heavy atom. The fourth-order valence-corrected chi connectivity index (χ4v) is 1.94. The van der Waals surface area contributed by atoms with Gasteiger partial charge in [0.15, 0.2) is 5.82 Å². The lowest BCUT2D eigenvalue weighted by Gasteiger charge is -2.09. The van der Waals surface area contributed by atoms with Gasteiger partial charge in [0.1, 0.15) is 18.2 Å². The normalized spacial score (nSPS) is 10.4. The second-order valence-corrected chi connectivity index (χ2v) is 4.95. The van der Waals surface area contributed by atoms with Gasteiger partial charge < -0.3 is 10.1 Å². The van der Waals surface area contributed by atoms with Gasteiger partial charge in [0.2, 0.25) is 0 Å². The Morgan fingerprint density at radius 2 is 2.00 bits per heavy atom. The second kappa shape index (κ2) is 6.57. The van der Waals surface area contributed by atoms with Crippen LogP contribution in [0.25, 0.3) is 0 Å². The standard InChI is InChI=1S/C15H18ClN3O/c1-4-17-14-8-11(3)18-15(19-14)9-20-12-5-6-13(16)10(2)7-12/h5-8H,4,9H2,1-3H3,(H,17,18,19). The number of nitrogens with zero attached hydrogens (tertiary/aromatic N) is 2. The van der Waals surface area contributed by atoms with Crippen LogP contribution in [-0.2, 0) is 6.61 Å². The molecule has 20 heavy (non-hydrogen) atoms. The summed E-state index contributed by atoms with van der Waals surface area (Å²) in [4.78, 5) is 8.77. The van der Waals surface area contributed by atoms with Crippen molar-refractivity contribution in [3.63, 3.8) is 0 Å². The Morgan fingerprint density at radius 3 is 2.70 bits per heavy atom. The summed E-state index contributed by atoms with van der Waals surface area (Å²) in [5.74, 6) is 2.25. The molecule has 106 valence electrons. The van der Waals surface area contributed by atoms with Crippen molar-refractivity contribution in [2.45, 2.75) is 27.4 Å². The van der Waals surface area contributed by atoms with Crippen LogP contribution in [0, 0.1) is 13.8 Å². The zero-order valence-corrected chi connectivity index (χ0v) is 12.7. The van der Waals surface area contributed by atoms with E-state index >= 15 is 0 Å². The maximum Gasteiger partial charge on any atom is 0.168 e. The maximum absolute atomic E-state index is 5.99. The van der Waals surface area contributed by atoms with E-state index in [4.69, 9.17) is 16.3 Å². The minimum absolute atomic E-state index is 0.334. The lowest BCUT2D eigenvalue weighted by atomic mass is 10.2. The van der Waals surface area contributed by atoms with Crippen LogP contribution in [0.3, 0.4) is 0 Å². The molecule has 0 unspecified atom stereocenters. The smallest absolute Gasteiger partial charge is 0.168 e. The highest BCUT2D eigenvalue weighted by Gasteiger charge is 2.04. The number of ether oxygens (including phenoxy) is 1. The van der Waals surface area contributed by atoms with Crippen LogP contribution in [0.15, 0.2) is 24.3 Å². The molecule has 1 aromatic carbocycles. The van der Waals surface area contributed by atoms with Crippen molar-refractivity contribution in [1.82, 2.24) is 9.97 Å². The Bertz CT molecular complexity index is 602. The lowest BCUT2D eigenvalue weighted by molar-refractivity contribution is 0.295. The predicted molar refractivity (Wildman–Crippen MR) is 81.5 cm³/mol. The lowest BCUT2D eigenvalue weighted by Crippen LogP contribution is -2.07. The van der Waals surface area contributed by atoms with Crippen LogP contribution in [0.4, 0.5) is 5.82 Å². The molecule has 0 fully saturated rings. The molecule has 5 heteroatoms. The van der Waals surface area contributed by atoms with Gasteiger partial charge in [-0.15, -0.1) is 0 Å². The van der Waals surface area contributed by atoms with Crippen LogP contribution < -0.4 is 10.1 Å². The Balaban J connectivity index is 2.08. The van der Waals surface area contributed by atoms with Crippen molar-refractivity contribution in [1.29, 1.82) is 0 Å². The zero-order valence-electron chi connectivity index (χ0n) is 11.9. The summed E-state index contributed by atoms with van der Waals surface area (Å²) in [5, 5.41) is 3.91. The number of rotatable bonds is 5. The van der Waals surface area contributed by atoms with Crippen LogP contribution in [-0.4, -0.2) is 16.5 Å². The number of halogens is 1. The van der Waals surface area contributed by atoms with Crippen molar-refractivity contribution in [2.24, 2.45) is 0 Å². The molecule has 0 saturated carbocycles. The van der Waals surface area contributed by atoms with Crippen LogP contribution in [0.2, 0.25) is 5.02 Å². The highest BCUT2D eigenvalue weighted by atomic mass is 35.5. The molecule has 4 nitrogen and oxygen atoms in total. The summed E-state index contributed by atoms with van der Waals surface area (Å²) >= 11 is 5.99. The quantitative estimate of drug-likeness (QED) is 0.911. The first kappa shape index (κ1) is 14.6. The molecular formula is C15H18ClN3O. The summed E-state index contributed by atoms with van der Waals surface area (Å²) in [6.45, 7) is 7.08. The molecule has 2 aromatic rings. The molecule has 0 atom stereocenters. The molecule has 0 radical (unpaired) electrons. The average Bonchev–Trinajstić information content (AvgIpc) is 2.40. The van der Waals surface area contributed by atoms with Gasteiger partial charge in [0.25, 0.3) is 0 Å². The van der Waals surface area contributed by atoms with E-state index in [1.54, 1.807) is 0 Å². The molecule has 0 aliphatic carbocycles. The Labute approximate surface area is 124 Å². The maximum atomic E-state index is 5.99. The minimum Gasteiger partial charge on any atom is -0.486 e. The van der Waals surface area contributed by atoms with Gasteiger partial charge in [-0.1, -0.05) is 11.6 Å². The molecular weight excluding hydrogens is 274 g/mol. The first-order valence-electron chi connectivity index (χ1n) is 6.56. The number of aryl methyl sites for hydroxylation is 2. The predicted octanol–water partition coefficient (Wildman–Crippen LogP) is 3.76. The number of nitrogens with one attached hydrogen (secondary N) is 1. The summed E-state index contributed by atoms with van der Waals surface area (Å²) in [7, 11) is 0. The van der Waals surface area contributed by atoms with E-state index < -0.39 is 0 Å². The van der Waals surface area contributed by atoms with Crippen molar-refractivity contribution >= 4 is 17.4 Å². The largest absolute Gasteiger partial charge is 0.486 e. The number of aromatic nitrogens is 2. The molecule has 1 heterocycles. The molecule has 1 N–H and O–H groups in total. The molecule has 0 aliphatic heterocycles. The fraction of sp³-hybridized carbons (Fsp3) is 0.333. The van der Waals surface area contributed by atoms with Crippen molar-refractivity contribution < 1.29 is 4.74 Å². The van der Waals surface area contributed by atoms with E-state index in [9.17, 15) is 0 Å². The molecule has 1 aromatic heterocycles. The zero-order chi connectivity index (χ0) is 14.5. The monoisotopic (exact) mass is 291 g/mol. The number of hydrogen-bond donors (Lipinski definition) is 1. The molecule has 2 rings (SSSR count). The first-order chi connectivity index (χ1) is 9.58. The second-order valence-electron chi connectivity index (χ2n) is 4.54. The van der Waals surface area contributed by atoms with Gasteiger partial charge in [-0.25, -0.2) is 9.97 Å². The molecule has 0 amide bonds. The van der Waals surface area contributed by atoms with Gasteiger partial charge >= 0.3 is 0 Å². The van der Waals surface area contributed by atoms with Crippen molar-refractivity contribution in [3.8, 4) is 5.75 Å². The molecule has 0 saturated heterocycles. The average molecular weight is 292 g/mol. The number of hydrogen-bond acceptors (Lipinski definition) is 4. The van der Waals surface area contributed by atoms with E-state index in [2.05, 4.69) is 15.3 Å². The topological polar surface area (TPSA) is 47.0 Å². The van der Waals surface area contributed by atoms with Crippen molar-refractivity contribution in [3.05, 3.63) is 46.4 Å². The summed E-state index contributed by atoms with van der Waals surface area (Å²) in [5.41, 5.74) is 1.91. The summed E-state index contributed by atoms with van der Waals surface area (Å²) in [6.07, 6.45) is 0. The first-order valence-corrected chi connectivity index (χ1v) is 6.93. The highest BCUT2D eigenvalue weighted by Crippen LogP contribution is 2.21. The Hall–Kier alpha value is -1.81. The molecule has 0 spiro atoms. The van der Waals surface area contributed by atoms with Gasteiger partial charge in [-0.2, -0.15) is 0 Å². The number of benzene rings is 1. The summed E-state index contributed by atoms with van der Waals surface area (Å²) in [6, 6.07) is 7.49. The van der Waals surface area contributed by atoms with Gasteiger partial charge in [0, 0.05) is 23.3 Å². The van der Waals surface area contributed by atoms with Crippen molar-refractivity contribution in [2.75, 3.05) is 11.9 Å². The van der Waals surface area contributed by atoms with E-state index in [-0.39, 0.29) is 0 Å². The third kappa shape index (κ3) is 3.84. The highest BCUT2D eigenvalue weighted by molar-refractivity contribution is 6.31. The van der Waals surface area contributed by atoms with E-state index in [1.165, 1.54) is 0 Å². The molecule has 0 bridgehead atoms. The third-order valence-electron chi connectivity index (χ3n) is 2.76. The summed E-state index contributed by atoms with van der Waals surface area (Å²) < 4.78 is 5.70. The van der Waals surface area contributed by atoms with E-state index in [0.717, 1.165) is 34.4 Å². The van der Waals surface area contributed by atoms with Gasteiger partial charge in [0.05, 0.1) is 0 Å². The SMILES string of the molecule is CCNc1cc(C)nc(COc2ccc(Cl)c(C)c2)n1. The number of anilines is 1. The minimum atomic E-state index is 0.334. The van der Waals surface area contributed by atoms with Gasteiger partial charge in [-0.3, -0.25) is 0 Å². The van der Waals surface area contributed by atoms with Gasteiger partial charge in [-0.05, 0) is 44.5 Å². The van der Waals surface area contributed by atoms with Crippen LogP contribution in [0.5, 0.6) is 5.75 Å². The third-order valence-corrected chi connectivity index (χ3v) is 3.18. The molecule has 0 aliphatic rings. The van der Waals surface area contributed by atoms with Crippen LogP contribution >= 0.6 is 11.6 Å². The fourth-order valence-electron chi connectivity index (χ4n) is 1.82. The Kier molecular flexibility index (Phi) is 4.79. The van der Waals surface area contributed by atoms with E-state index in [0.29, 0.717) is 12.4 Å². The van der Waals surface area contributed by atoms with E-state index in [1.807, 2.05) is 45.0 Å².